The molecule has 10 heteroatoms. The molecule has 0 spiro atoms. The van der Waals surface area contributed by atoms with Crippen molar-refractivity contribution in [1.82, 2.24) is 15.3 Å². The lowest BCUT2D eigenvalue weighted by atomic mass is 9.79. The number of hydrogen-bond donors (Lipinski definition) is 4. The molecule has 10 nitrogen and oxygen atoms in total. The van der Waals surface area contributed by atoms with Gasteiger partial charge in [-0.1, -0.05) is 6.07 Å². The molecule has 1 unspecified atom stereocenters. The summed E-state index contributed by atoms with van der Waals surface area (Å²) in [6.07, 6.45) is 6.19. The highest BCUT2D eigenvalue weighted by atomic mass is 16.5. The van der Waals surface area contributed by atoms with Crippen molar-refractivity contribution < 1.29 is 19.4 Å². The molecule has 1 saturated carbocycles. The number of aliphatic carboxylic acids is 1. The quantitative estimate of drug-likeness (QED) is 0.393. The van der Waals surface area contributed by atoms with Crippen LogP contribution < -0.4 is 16.2 Å². The van der Waals surface area contributed by atoms with E-state index in [0.29, 0.717) is 11.6 Å². The third kappa shape index (κ3) is 6.10. The smallest absolute Gasteiger partial charge is 0.326 e. The third-order valence-electron chi connectivity index (χ3n) is 6.84. The standard InChI is InChI=1S/C26H31N5O5/c1-15-11-20(21(14-27)25(33)29-15)24(32)31-22(26(34)35)8-10-36-19-12-16(13-19)4-6-18-7-5-17-3-2-9-28-23(17)30-18/h5,7,11,16,19,22H,2-4,6,8-10,12-13H2,1H3,(H,28,30)(H,29,33)(H,31,32)(H,34,35). The minimum absolute atomic E-state index is 0.0817. The Kier molecular flexibility index (Phi) is 8.00. The van der Waals surface area contributed by atoms with Crippen LogP contribution in [0.5, 0.6) is 0 Å². The second-order valence-corrected chi connectivity index (χ2v) is 9.54. The van der Waals surface area contributed by atoms with Gasteiger partial charge in [-0.25, -0.2) is 9.78 Å². The maximum atomic E-state index is 12.6. The third-order valence-corrected chi connectivity index (χ3v) is 6.84. The molecule has 1 atom stereocenters. The van der Waals surface area contributed by atoms with Crippen molar-refractivity contribution in [3.05, 3.63) is 56.6 Å². The van der Waals surface area contributed by atoms with Crippen molar-refractivity contribution in [2.45, 2.75) is 64.0 Å². The van der Waals surface area contributed by atoms with Gasteiger partial charge in [0.05, 0.1) is 11.7 Å². The summed E-state index contributed by atoms with van der Waals surface area (Å²) in [5.74, 6) is -0.403. The monoisotopic (exact) mass is 493 g/mol. The van der Waals surface area contributed by atoms with Crippen LogP contribution >= 0.6 is 0 Å². The Bertz CT molecular complexity index is 1230. The second-order valence-electron chi connectivity index (χ2n) is 9.54. The van der Waals surface area contributed by atoms with E-state index in [4.69, 9.17) is 9.72 Å². The number of nitrogens with one attached hydrogen (secondary N) is 3. The molecule has 190 valence electrons. The molecule has 0 aromatic carbocycles. The zero-order chi connectivity index (χ0) is 25.7. The molecule has 4 N–H and O–H groups in total. The van der Waals surface area contributed by atoms with E-state index in [9.17, 15) is 24.8 Å². The predicted octanol–water partition coefficient (Wildman–Crippen LogP) is 2.31. The van der Waals surface area contributed by atoms with Crippen molar-refractivity contribution in [2.24, 2.45) is 5.92 Å². The summed E-state index contributed by atoms with van der Waals surface area (Å²) in [4.78, 5) is 43.4. The van der Waals surface area contributed by atoms with E-state index in [1.54, 1.807) is 13.0 Å². The number of H-pyrrole nitrogens is 1. The molecule has 2 aromatic rings. The first-order valence-corrected chi connectivity index (χ1v) is 12.4. The summed E-state index contributed by atoms with van der Waals surface area (Å²) in [6.45, 7) is 2.74. The molecule has 1 aliphatic carbocycles. The lowest BCUT2D eigenvalue weighted by molar-refractivity contribution is -0.140. The molecule has 1 amide bonds. The van der Waals surface area contributed by atoms with Gasteiger partial charge >= 0.3 is 5.97 Å². The predicted molar refractivity (Wildman–Crippen MR) is 132 cm³/mol. The van der Waals surface area contributed by atoms with Crippen molar-refractivity contribution in [2.75, 3.05) is 18.5 Å². The zero-order valence-corrected chi connectivity index (χ0v) is 20.3. The van der Waals surface area contributed by atoms with Gasteiger partial charge in [0.15, 0.2) is 0 Å². The van der Waals surface area contributed by atoms with Crippen molar-refractivity contribution in [1.29, 1.82) is 5.26 Å². The van der Waals surface area contributed by atoms with Crippen LogP contribution in [0.3, 0.4) is 0 Å². The molecule has 0 radical (unpaired) electrons. The maximum absolute atomic E-state index is 12.6. The van der Waals surface area contributed by atoms with Gasteiger partial charge in [0, 0.05) is 31.0 Å². The first-order valence-electron chi connectivity index (χ1n) is 12.4. The lowest BCUT2D eigenvalue weighted by Crippen LogP contribution is -2.43. The van der Waals surface area contributed by atoms with Gasteiger partial charge in [-0.3, -0.25) is 9.59 Å². The normalized spacial score (nSPS) is 19.2. The molecule has 0 saturated heterocycles. The summed E-state index contributed by atoms with van der Waals surface area (Å²) in [7, 11) is 0. The number of nitrogens with zero attached hydrogens (tertiary/aromatic N) is 2. The molecule has 0 bridgehead atoms. The Morgan fingerprint density at radius 3 is 2.92 bits per heavy atom. The molecule has 1 fully saturated rings. The number of aryl methyl sites for hydroxylation is 3. The Morgan fingerprint density at radius 1 is 1.36 bits per heavy atom. The van der Waals surface area contributed by atoms with Gasteiger partial charge in [-0.2, -0.15) is 5.26 Å². The van der Waals surface area contributed by atoms with Gasteiger partial charge in [0.1, 0.15) is 23.5 Å². The van der Waals surface area contributed by atoms with Crippen LogP contribution in [0, 0.1) is 24.2 Å². The number of carbonyl (C=O) groups is 2. The number of hydrogen-bond acceptors (Lipinski definition) is 7. The van der Waals surface area contributed by atoms with E-state index >= 15 is 0 Å². The summed E-state index contributed by atoms with van der Waals surface area (Å²) >= 11 is 0. The largest absolute Gasteiger partial charge is 0.480 e. The van der Waals surface area contributed by atoms with E-state index in [2.05, 4.69) is 27.8 Å². The minimum Gasteiger partial charge on any atom is -0.480 e. The maximum Gasteiger partial charge on any atom is 0.326 e. The molecule has 2 aliphatic rings. The van der Waals surface area contributed by atoms with Crippen LogP contribution in [0.2, 0.25) is 0 Å². The summed E-state index contributed by atoms with van der Waals surface area (Å²) in [5, 5.41) is 24.5. The second kappa shape index (κ2) is 11.4. The zero-order valence-electron chi connectivity index (χ0n) is 20.3. The number of aromatic nitrogens is 2. The fourth-order valence-corrected chi connectivity index (χ4v) is 4.73. The molecule has 1 aliphatic heterocycles. The van der Waals surface area contributed by atoms with Crippen LogP contribution in [0.15, 0.2) is 23.0 Å². The van der Waals surface area contributed by atoms with Gasteiger partial charge in [-0.05, 0) is 69.1 Å². The Labute approximate surface area is 209 Å². The summed E-state index contributed by atoms with van der Waals surface area (Å²) < 4.78 is 5.84. The number of ether oxygens (including phenoxy) is 1. The fraction of sp³-hybridized carbons (Fsp3) is 0.500. The number of nitriles is 1. The van der Waals surface area contributed by atoms with Crippen LogP contribution in [0.25, 0.3) is 0 Å². The number of carboxylic acids is 1. The van der Waals surface area contributed by atoms with E-state index in [1.807, 2.05) is 0 Å². The minimum atomic E-state index is -1.20. The van der Waals surface area contributed by atoms with Crippen molar-refractivity contribution >= 4 is 17.7 Å². The molecule has 4 rings (SSSR count). The van der Waals surface area contributed by atoms with Crippen molar-refractivity contribution in [3.63, 3.8) is 0 Å². The first-order chi connectivity index (χ1) is 17.3. The van der Waals surface area contributed by atoms with Crippen LogP contribution in [-0.2, 0) is 22.4 Å². The van der Waals surface area contributed by atoms with Gasteiger partial charge in [-0.15, -0.1) is 0 Å². The lowest BCUT2D eigenvalue weighted by Gasteiger charge is -2.35. The van der Waals surface area contributed by atoms with Crippen molar-refractivity contribution in [3.8, 4) is 6.07 Å². The molecule has 2 aromatic heterocycles. The topological polar surface area (TPSA) is 157 Å². The average Bonchev–Trinajstić information content (AvgIpc) is 2.83. The Balaban J connectivity index is 1.20. The highest BCUT2D eigenvalue weighted by Crippen LogP contribution is 2.34. The van der Waals surface area contributed by atoms with E-state index in [1.165, 1.54) is 11.6 Å². The SMILES string of the molecule is Cc1cc(C(=O)NC(CCOC2CC(CCc3ccc4c(n3)NCCC4)C2)C(=O)O)c(C#N)c(=O)[nH]1. The van der Waals surface area contributed by atoms with E-state index in [-0.39, 0.29) is 30.3 Å². The Hall–Kier alpha value is -3.71. The van der Waals surface area contributed by atoms with E-state index in [0.717, 1.165) is 56.6 Å². The number of rotatable bonds is 10. The fourth-order valence-electron chi connectivity index (χ4n) is 4.73. The number of carbonyl (C=O) groups excluding carboxylic acids is 1. The number of carboxylic acid groups (broad SMARTS) is 1. The highest BCUT2D eigenvalue weighted by Gasteiger charge is 2.30. The Morgan fingerprint density at radius 2 is 2.17 bits per heavy atom. The first kappa shape index (κ1) is 25.4. The molecule has 3 heterocycles. The number of anilines is 1. The summed E-state index contributed by atoms with van der Waals surface area (Å²) in [6, 6.07) is 6.16. The highest BCUT2D eigenvalue weighted by molar-refractivity contribution is 5.98. The molecule has 36 heavy (non-hydrogen) atoms. The molecular formula is C26H31N5O5. The number of amides is 1. The number of aromatic amines is 1. The number of pyridine rings is 2. The van der Waals surface area contributed by atoms with Crippen LogP contribution in [0.1, 0.15) is 65.0 Å². The number of fused-ring (bicyclic) bond motifs is 1. The van der Waals surface area contributed by atoms with E-state index < -0.39 is 23.5 Å². The summed E-state index contributed by atoms with van der Waals surface area (Å²) in [5.41, 5.74) is 1.62. The van der Waals surface area contributed by atoms with Gasteiger partial charge in [0.2, 0.25) is 0 Å². The molecular weight excluding hydrogens is 462 g/mol. The van der Waals surface area contributed by atoms with Gasteiger partial charge in [0.25, 0.3) is 11.5 Å². The van der Waals surface area contributed by atoms with Gasteiger partial charge < -0.3 is 25.5 Å². The van der Waals surface area contributed by atoms with Crippen LogP contribution in [-0.4, -0.2) is 52.2 Å². The van der Waals surface area contributed by atoms with Crippen LogP contribution in [0.4, 0.5) is 5.82 Å². The average molecular weight is 494 g/mol.